The van der Waals surface area contributed by atoms with Crippen LogP contribution in [0.1, 0.15) is 44.2 Å². The number of carbonyl (C=O) groups excluding carboxylic acids is 1. The highest BCUT2D eigenvalue weighted by molar-refractivity contribution is 7.93. The first-order valence-corrected chi connectivity index (χ1v) is 18.5. The summed E-state index contributed by atoms with van der Waals surface area (Å²) in [4.78, 5) is 17.4. The lowest BCUT2D eigenvalue weighted by atomic mass is 9.81. The molecule has 0 radical (unpaired) electrons. The number of ether oxygens (including phenoxy) is 4. The Balaban J connectivity index is 1.43. The quantitative estimate of drug-likeness (QED) is 0.140. The van der Waals surface area contributed by atoms with Crippen LogP contribution in [0.25, 0.3) is 0 Å². The monoisotopic (exact) mass is 785 g/mol. The lowest BCUT2D eigenvalue weighted by molar-refractivity contribution is 0.0109. The van der Waals surface area contributed by atoms with Crippen molar-refractivity contribution in [1.29, 1.82) is 0 Å². The topological polar surface area (TPSA) is 108 Å². The van der Waals surface area contributed by atoms with E-state index in [9.17, 15) is 22.0 Å². The van der Waals surface area contributed by atoms with Gasteiger partial charge in [-0.1, -0.05) is 29.0 Å². The number of methoxy groups -OCH3 is 2. The number of carbonyl (C=O) groups is 1. The van der Waals surface area contributed by atoms with E-state index in [-0.39, 0.29) is 41.5 Å². The van der Waals surface area contributed by atoms with Crippen molar-refractivity contribution in [3.8, 4) is 17.2 Å². The summed E-state index contributed by atoms with van der Waals surface area (Å²) in [6, 6.07) is 9.27. The van der Waals surface area contributed by atoms with Crippen LogP contribution in [0.2, 0.25) is 4.34 Å². The molecule has 1 fully saturated rings. The molecule has 3 aromatic carbocycles. The van der Waals surface area contributed by atoms with Crippen LogP contribution < -0.4 is 18.5 Å². The van der Waals surface area contributed by atoms with Gasteiger partial charge in [0, 0.05) is 42.8 Å². The van der Waals surface area contributed by atoms with E-state index in [4.69, 9.17) is 30.5 Å². The van der Waals surface area contributed by atoms with E-state index in [0.29, 0.717) is 35.4 Å². The van der Waals surface area contributed by atoms with E-state index in [1.54, 1.807) is 32.9 Å². The number of piperidine rings is 1. The first kappa shape index (κ1) is 38.9. The third kappa shape index (κ3) is 8.84. The van der Waals surface area contributed by atoms with Gasteiger partial charge in [0.15, 0.2) is 23.2 Å². The van der Waals surface area contributed by atoms with E-state index in [0.717, 1.165) is 27.8 Å². The summed E-state index contributed by atoms with van der Waals surface area (Å²) in [6.45, 7) is 4.71. The number of amides is 1. The van der Waals surface area contributed by atoms with Gasteiger partial charge < -0.3 is 23.8 Å². The summed E-state index contributed by atoms with van der Waals surface area (Å²) in [6.07, 6.45) is 0.930. The zero-order chi connectivity index (χ0) is 38.0. The fourth-order valence-corrected chi connectivity index (χ4v) is 8.33. The van der Waals surface area contributed by atoms with Gasteiger partial charge in [0.05, 0.1) is 33.6 Å². The summed E-state index contributed by atoms with van der Waals surface area (Å²) >= 11 is 6.89. The Hall–Kier alpha value is -4.28. The van der Waals surface area contributed by atoms with Crippen molar-refractivity contribution >= 4 is 44.2 Å². The maximum Gasteiger partial charge on any atom is 0.410 e. The van der Waals surface area contributed by atoms with Gasteiger partial charge in [-0.25, -0.2) is 40.1 Å². The van der Waals surface area contributed by atoms with Crippen LogP contribution in [-0.4, -0.2) is 63.9 Å². The number of benzene rings is 3. The molecule has 0 unspecified atom stereocenters. The number of rotatable bonds is 11. The van der Waals surface area contributed by atoms with Gasteiger partial charge >= 0.3 is 6.09 Å². The van der Waals surface area contributed by atoms with Gasteiger partial charge in [-0.05, 0) is 62.9 Å². The molecule has 52 heavy (non-hydrogen) atoms. The van der Waals surface area contributed by atoms with E-state index >= 15 is 8.78 Å². The van der Waals surface area contributed by atoms with Crippen molar-refractivity contribution < 1.29 is 49.7 Å². The van der Waals surface area contributed by atoms with Gasteiger partial charge in [0.1, 0.15) is 32.1 Å². The summed E-state index contributed by atoms with van der Waals surface area (Å²) in [5.74, 6) is -5.56. The maximum absolute atomic E-state index is 15.8. The number of nitrogens with zero attached hydrogens (tertiary/aromatic N) is 3. The SMILES string of the molecule is COc1ccc(CN(c2ncc(Cl)s2)S(=O)(=O)c2cc(F)c(OC[C@H]3CN(C(=O)OC(C)(C)C)CC[C@@H]3c3ccc(F)c(F)c3)cc2F)c(OC)c1. The normalized spacial score (nSPS) is 16.4. The zero-order valence-corrected chi connectivity index (χ0v) is 31.2. The number of aromatic nitrogens is 1. The molecular formula is C35H36ClF4N3O7S2. The standard InChI is InChI=1S/C35H36ClF4N3O7S2/c1-35(2,3)50-34(44)42-11-10-24(20-7-9-25(37)26(38)12-20)22(17-42)19-49-30-14-28(40)31(15-27(30)39)52(45,46)43(33-41-16-32(36)51-33)18-21-6-8-23(47-4)13-29(21)48-5/h6-9,12-16,22,24H,10-11,17-19H2,1-5H3/t22-,24-/m1/s1. The third-order valence-corrected chi connectivity index (χ3v) is 11.3. The smallest absolute Gasteiger partial charge is 0.410 e. The number of likely N-dealkylation sites (tertiary alicyclic amines) is 1. The number of halogens is 5. The highest BCUT2D eigenvalue weighted by Crippen LogP contribution is 2.38. The lowest BCUT2D eigenvalue weighted by Gasteiger charge is -2.39. The van der Waals surface area contributed by atoms with Crippen LogP contribution in [-0.2, 0) is 21.3 Å². The first-order chi connectivity index (χ1) is 24.5. The molecule has 1 aliphatic heterocycles. The molecule has 280 valence electrons. The fourth-order valence-electron chi connectivity index (χ4n) is 5.76. The second-order valence-corrected chi connectivity index (χ2v) is 16.4. The Morgan fingerprint density at radius 3 is 2.37 bits per heavy atom. The second kappa shape index (κ2) is 15.8. The van der Waals surface area contributed by atoms with E-state index in [1.807, 2.05) is 0 Å². The third-order valence-electron chi connectivity index (χ3n) is 8.25. The van der Waals surface area contributed by atoms with Crippen molar-refractivity contribution in [2.24, 2.45) is 5.92 Å². The second-order valence-electron chi connectivity index (χ2n) is 12.9. The molecule has 17 heteroatoms. The molecule has 1 aromatic heterocycles. The predicted molar refractivity (Wildman–Crippen MR) is 187 cm³/mol. The number of thiazole rings is 1. The minimum Gasteiger partial charge on any atom is -0.497 e. The molecule has 2 atom stereocenters. The van der Waals surface area contributed by atoms with Crippen molar-refractivity contribution in [3.63, 3.8) is 0 Å². The van der Waals surface area contributed by atoms with Crippen molar-refractivity contribution in [2.75, 3.05) is 38.2 Å². The fraction of sp³-hybridized carbons (Fsp3) is 0.371. The van der Waals surface area contributed by atoms with Gasteiger partial charge in [-0.2, -0.15) is 0 Å². The zero-order valence-electron chi connectivity index (χ0n) is 28.8. The van der Waals surface area contributed by atoms with Crippen LogP contribution in [0, 0.1) is 29.2 Å². The minimum absolute atomic E-state index is 0.0370. The lowest BCUT2D eigenvalue weighted by Crippen LogP contribution is -2.46. The largest absolute Gasteiger partial charge is 0.497 e. The molecule has 1 saturated heterocycles. The van der Waals surface area contributed by atoms with Crippen molar-refractivity contribution in [3.05, 3.63) is 93.5 Å². The maximum atomic E-state index is 15.8. The molecule has 0 N–H and O–H groups in total. The molecule has 2 heterocycles. The average Bonchev–Trinajstić information content (AvgIpc) is 3.52. The van der Waals surface area contributed by atoms with Gasteiger partial charge in [0.25, 0.3) is 10.0 Å². The van der Waals surface area contributed by atoms with Crippen LogP contribution in [0.4, 0.5) is 27.5 Å². The molecule has 5 rings (SSSR count). The van der Waals surface area contributed by atoms with E-state index in [1.165, 1.54) is 37.4 Å². The molecular weight excluding hydrogens is 750 g/mol. The van der Waals surface area contributed by atoms with Gasteiger partial charge in [0.2, 0.25) is 5.13 Å². The van der Waals surface area contributed by atoms with Crippen LogP contribution in [0.15, 0.2) is 59.6 Å². The summed E-state index contributed by atoms with van der Waals surface area (Å²) < 4.78 is 110. The Labute approximate surface area is 307 Å². The number of anilines is 1. The van der Waals surface area contributed by atoms with Crippen LogP contribution >= 0.6 is 22.9 Å². The number of sulfonamides is 1. The Kier molecular flexibility index (Phi) is 11.8. The Morgan fingerprint density at radius 1 is 0.981 bits per heavy atom. The summed E-state index contributed by atoms with van der Waals surface area (Å²) in [5.41, 5.74) is 0.00745. The van der Waals surface area contributed by atoms with Crippen LogP contribution in [0.3, 0.4) is 0 Å². The molecule has 0 aliphatic carbocycles. The highest BCUT2D eigenvalue weighted by Gasteiger charge is 2.36. The van der Waals surface area contributed by atoms with Gasteiger partial charge in [-0.3, -0.25) is 0 Å². The van der Waals surface area contributed by atoms with Crippen LogP contribution in [0.5, 0.6) is 17.2 Å². The molecule has 0 spiro atoms. The van der Waals surface area contributed by atoms with Crippen molar-refractivity contribution in [1.82, 2.24) is 9.88 Å². The Bertz CT molecular complexity index is 2040. The van der Waals surface area contributed by atoms with Crippen molar-refractivity contribution in [2.45, 2.75) is 50.2 Å². The summed E-state index contributed by atoms with van der Waals surface area (Å²) in [5, 5.41) is -0.113. The molecule has 0 saturated carbocycles. The average molecular weight is 786 g/mol. The number of hydrogen-bond acceptors (Lipinski definition) is 9. The van der Waals surface area contributed by atoms with E-state index < -0.39 is 67.5 Å². The van der Waals surface area contributed by atoms with Gasteiger partial charge in [-0.15, -0.1) is 0 Å². The van der Waals surface area contributed by atoms with E-state index in [2.05, 4.69) is 4.98 Å². The molecule has 0 bridgehead atoms. The number of hydrogen-bond donors (Lipinski definition) is 0. The molecule has 4 aromatic rings. The highest BCUT2D eigenvalue weighted by atomic mass is 35.5. The molecule has 1 aliphatic rings. The Morgan fingerprint density at radius 2 is 1.73 bits per heavy atom. The molecule has 1 amide bonds. The predicted octanol–water partition coefficient (Wildman–Crippen LogP) is 8.19. The first-order valence-electron chi connectivity index (χ1n) is 15.9. The summed E-state index contributed by atoms with van der Waals surface area (Å²) in [7, 11) is -1.99. The molecule has 10 nitrogen and oxygen atoms in total. The minimum atomic E-state index is -4.83.